The first-order chi connectivity index (χ1) is 9.32. The Morgan fingerprint density at radius 1 is 1.45 bits per heavy atom. The molecule has 20 heavy (non-hydrogen) atoms. The van der Waals surface area contributed by atoms with E-state index < -0.39 is 9.70 Å². The highest BCUT2D eigenvalue weighted by Crippen LogP contribution is 2.35. The average molecular weight is 338 g/mol. The van der Waals surface area contributed by atoms with Crippen LogP contribution in [0.5, 0.6) is 5.75 Å². The van der Waals surface area contributed by atoms with Crippen LogP contribution in [0.3, 0.4) is 0 Å². The lowest BCUT2D eigenvalue weighted by molar-refractivity contribution is -0.121. The van der Waals surface area contributed by atoms with Crippen LogP contribution in [0.2, 0.25) is 0 Å². The monoisotopic (exact) mass is 336 g/mol. The predicted octanol–water partition coefficient (Wildman–Crippen LogP) is 2.74. The van der Waals surface area contributed by atoms with Gasteiger partial charge in [0.05, 0.1) is 5.69 Å². The minimum absolute atomic E-state index is 0.000691. The number of carbonyl (C=O) groups is 2. The first-order valence-electron chi connectivity index (χ1n) is 5.78. The minimum atomic E-state index is -2.05. The van der Waals surface area contributed by atoms with Gasteiger partial charge in [0.25, 0.3) is 15.6 Å². The van der Waals surface area contributed by atoms with E-state index in [4.69, 9.17) is 39.5 Å². The number of likely N-dealkylation sites (N-methyl/N-ethyl adjacent to an activating group) is 1. The highest BCUT2D eigenvalue weighted by molar-refractivity contribution is 6.76. The molecule has 0 aromatic heterocycles. The molecular formula is C12H11Cl3N2O3. The maximum Gasteiger partial charge on any atom is 0.276 e. The third-order valence-corrected chi connectivity index (χ3v) is 3.25. The molecule has 1 aliphatic rings. The average Bonchev–Trinajstić information content (AvgIpc) is 2.37. The van der Waals surface area contributed by atoms with Gasteiger partial charge in [0.15, 0.2) is 6.61 Å². The number of hydrogen-bond donors (Lipinski definition) is 1. The van der Waals surface area contributed by atoms with E-state index in [9.17, 15) is 9.59 Å². The van der Waals surface area contributed by atoms with E-state index in [1.54, 1.807) is 23.1 Å². The summed E-state index contributed by atoms with van der Waals surface area (Å²) in [5, 5.41) is 2.46. The van der Waals surface area contributed by atoms with Crippen molar-refractivity contribution in [3.8, 4) is 5.75 Å². The quantitative estimate of drug-likeness (QED) is 0.844. The second-order valence-electron chi connectivity index (χ2n) is 4.06. The van der Waals surface area contributed by atoms with Gasteiger partial charge in [-0.1, -0.05) is 34.8 Å². The van der Waals surface area contributed by atoms with Crippen LogP contribution in [0.15, 0.2) is 18.2 Å². The number of nitrogens with one attached hydrogen (secondary N) is 1. The van der Waals surface area contributed by atoms with Crippen molar-refractivity contribution < 1.29 is 14.3 Å². The second kappa shape index (κ2) is 5.68. The molecule has 0 unspecified atom stereocenters. The van der Waals surface area contributed by atoms with Crippen molar-refractivity contribution in [2.75, 3.05) is 23.4 Å². The van der Waals surface area contributed by atoms with E-state index >= 15 is 0 Å². The van der Waals surface area contributed by atoms with Crippen LogP contribution in [0.25, 0.3) is 0 Å². The second-order valence-corrected chi connectivity index (χ2v) is 6.34. The first kappa shape index (κ1) is 15.2. The summed E-state index contributed by atoms with van der Waals surface area (Å²) in [7, 11) is 0. The summed E-state index contributed by atoms with van der Waals surface area (Å²) >= 11 is 16.5. The van der Waals surface area contributed by atoms with Gasteiger partial charge in [-0.2, -0.15) is 0 Å². The van der Waals surface area contributed by atoms with Crippen molar-refractivity contribution in [3.05, 3.63) is 18.2 Å². The number of rotatable bonds is 2. The molecule has 1 N–H and O–H groups in total. The number of halogens is 3. The summed E-state index contributed by atoms with van der Waals surface area (Å²) in [6, 6.07) is 4.86. The number of carbonyl (C=O) groups excluding carboxylic acids is 2. The molecule has 0 fully saturated rings. The van der Waals surface area contributed by atoms with E-state index in [1.807, 2.05) is 6.92 Å². The summed E-state index contributed by atoms with van der Waals surface area (Å²) in [6.45, 7) is 2.34. The molecule has 0 spiro atoms. The molecule has 5 nitrogen and oxygen atoms in total. The number of alkyl halides is 3. The topological polar surface area (TPSA) is 58.6 Å². The Labute approximate surface area is 130 Å². The van der Waals surface area contributed by atoms with Gasteiger partial charge < -0.3 is 15.0 Å². The third-order valence-electron chi connectivity index (χ3n) is 2.73. The van der Waals surface area contributed by atoms with Crippen molar-refractivity contribution in [3.63, 3.8) is 0 Å². The number of amides is 2. The highest BCUT2D eigenvalue weighted by Gasteiger charge is 2.31. The predicted molar refractivity (Wildman–Crippen MR) is 78.9 cm³/mol. The fraction of sp³-hybridized carbons (Fsp3) is 0.333. The molecule has 1 aromatic carbocycles. The molecule has 8 heteroatoms. The van der Waals surface area contributed by atoms with E-state index in [0.29, 0.717) is 23.7 Å². The van der Waals surface area contributed by atoms with Gasteiger partial charge in [-0.05, 0) is 25.1 Å². The Balaban J connectivity index is 2.29. The van der Waals surface area contributed by atoms with Gasteiger partial charge in [0.2, 0.25) is 0 Å². The summed E-state index contributed by atoms with van der Waals surface area (Å²) in [6.07, 6.45) is 0. The number of hydrogen-bond acceptors (Lipinski definition) is 3. The molecule has 0 aliphatic carbocycles. The number of ether oxygens (including phenoxy) is 1. The Morgan fingerprint density at radius 3 is 2.75 bits per heavy atom. The van der Waals surface area contributed by atoms with Gasteiger partial charge >= 0.3 is 0 Å². The van der Waals surface area contributed by atoms with Crippen LogP contribution >= 0.6 is 34.8 Å². The fourth-order valence-electron chi connectivity index (χ4n) is 1.83. The Hall–Kier alpha value is -1.17. The molecule has 0 saturated carbocycles. The van der Waals surface area contributed by atoms with Crippen molar-refractivity contribution in [2.45, 2.75) is 10.7 Å². The molecule has 0 radical (unpaired) electrons. The van der Waals surface area contributed by atoms with Crippen LogP contribution in [-0.4, -0.2) is 28.8 Å². The maximum absolute atomic E-state index is 11.7. The molecule has 1 aromatic rings. The standard InChI is InChI=1S/C12H11Cl3N2O3/c1-2-17-8-5-7(16-11(19)12(13,14)15)3-4-9(8)20-6-10(17)18/h3-5H,2,6H2,1H3,(H,16,19). The number of benzene rings is 1. The summed E-state index contributed by atoms with van der Waals surface area (Å²) in [5.74, 6) is -0.350. The van der Waals surface area contributed by atoms with E-state index in [1.165, 1.54) is 0 Å². The Bertz CT molecular complexity index is 557. The van der Waals surface area contributed by atoms with Crippen molar-refractivity contribution in [1.82, 2.24) is 0 Å². The molecule has 0 bridgehead atoms. The zero-order valence-electron chi connectivity index (χ0n) is 10.5. The van der Waals surface area contributed by atoms with Crippen molar-refractivity contribution in [1.29, 1.82) is 0 Å². The molecule has 1 heterocycles. The van der Waals surface area contributed by atoms with Crippen molar-refractivity contribution >= 4 is 58.0 Å². The number of nitrogens with zero attached hydrogens (tertiary/aromatic N) is 1. The van der Waals surface area contributed by atoms with Crippen LogP contribution < -0.4 is 15.0 Å². The molecule has 0 saturated heterocycles. The van der Waals surface area contributed by atoms with Crippen LogP contribution in [0.1, 0.15) is 6.92 Å². The largest absolute Gasteiger partial charge is 0.482 e. The normalized spacial score (nSPS) is 14.6. The van der Waals surface area contributed by atoms with Gasteiger partial charge in [0, 0.05) is 12.2 Å². The lowest BCUT2D eigenvalue weighted by atomic mass is 10.2. The summed E-state index contributed by atoms with van der Waals surface area (Å²) < 4.78 is 3.26. The number of fused-ring (bicyclic) bond motifs is 1. The van der Waals surface area contributed by atoms with Gasteiger partial charge in [-0.3, -0.25) is 9.59 Å². The molecule has 2 rings (SSSR count). The van der Waals surface area contributed by atoms with E-state index in [0.717, 1.165) is 0 Å². The van der Waals surface area contributed by atoms with Gasteiger partial charge in [-0.15, -0.1) is 0 Å². The van der Waals surface area contributed by atoms with E-state index in [-0.39, 0.29) is 12.5 Å². The van der Waals surface area contributed by atoms with Crippen LogP contribution in [0.4, 0.5) is 11.4 Å². The number of anilines is 2. The smallest absolute Gasteiger partial charge is 0.276 e. The summed E-state index contributed by atoms with van der Waals surface area (Å²) in [4.78, 5) is 24.9. The summed E-state index contributed by atoms with van der Waals surface area (Å²) in [5.41, 5.74) is 0.989. The van der Waals surface area contributed by atoms with Crippen molar-refractivity contribution in [2.24, 2.45) is 0 Å². The Morgan fingerprint density at radius 2 is 2.15 bits per heavy atom. The van der Waals surface area contributed by atoms with Gasteiger partial charge in [0.1, 0.15) is 5.75 Å². The fourth-order valence-corrected chi connectivity index (χ4v) is 1.97. The zero-order chi connectivity index (χ0) is 14.9. The molecule has 2 amide bonds. The lowest BCUT2D eigenvalue weighted by Gasteiger charge is -2.28. The van der Waals surface area contributed by atoms with Crippen LogP contribution in [0, 0.1) is 0 Å². The molecule has 108 valence electrons. The first-order valence-corrected chi connectivity index (χ1v) is 6.91. The highest BCUT2D eigenvalue weighted by atomic mass is 35.6. The molecule has 1 aliphatic heterocycles. The van der Waals surface area contributed by atoms with Crippen LogP contribution in [-0.2, 0) is 9.59 Å². The maximum atomic E-state index is 11.7. The van der Waals surface area contributed by atoms with E-state index in [2.05, 4.69) is 5.32 Å². The molecule has 0 atom stereocenters. The zero-order valence-corrected chi connectivity index (χ0v) is 12.7. The third kappa shape index (κ3) is 3.11. The van der Waals surface area contributed by atoms with Gasteiger partial charge in [-0.25, -0.2) is 0 Å². The molecular weight excluding hydrogens is 327 g/mol. The minimum Gasteiger partial charge on any atom is -0.482 e. The Kier molecular flexibility index (Phi) is 4.32. The SMILES string of the molecule is CCN1C(=O)COc2ccc(NC(=O)C(Cl)(Cl)Cl)cc21. The lowest BCUT2D eigenvalue weighted by Crippen LogP contribution is -2.38.